The summed E-state index contributed by atoms with van der Waals surface area (Å²) in [4.78, 5) is 36.1. The van der Waals surface area contributed by atoms with E-state index >= 15 is 0 Å². The summed E-state index contributed by atoms with van der Waals surface area (Å²) in [5.74, 6) is -1.04. The molecular formula is C22H26N6O5. The van der Waals surface area contributed by atoms with Gasteiger partial charge in [0.05, 0.1) is 23.3 Å². The van der Waals surface area contributed by atoms with Gasteiger partial charge in [-0.1, -0.05) is 12.1 Å². The zero-order chi connectivity index (χ0) is 24.3. The highest BCUT2D eigenvalue weighted by Crippen LogP contribution is 2.23. The van der Waals surface area contributed by atoms with Crippen molar-refractivity contribution in [3.8, 4) is 0 Å². The molecule has 11 nitrogen and oxygen atoms in total. The Morgan fingerprint density at radius 3 is 2.58 bits per heavy atom. The van der Waals surface area contributed by atoms with E-state index in [0.29, 0.717) is 23.5 Å². The third kappa shape index (κ3) is 5.25. The minimum Gasteiger partial charge on any atom is -0.458 e. The smallest absolute Gasteiger partial charge is 0.361 e. The fourth-order valence-electron chi connectivity index (χ4n) is 3.38. The summed E-state index contributed by atoms with van der Waals surface area (Å²) in [6.45, 7) is 9.33. The molecule has 1 N–H and O–H groups in total. The molecule has 0 bridgehead atoms. The first-order chi connectivity index (χ1) is 15.6. The molecule has 1 aromatic carbocycles. The molecule has 3 rings (SSSR count). The van der Waals surface area contributed by atoms with Crippen LogP contribution in [0.4, 0.5) is 11.4 Å². The number of hydrogen-bond acceptors (Lipinski definition) is 7. The van der Waals surface area contributed by atoms with Crippen molar-refractivity contribution in [2.75, 3.05) is 5.32 Å². The predicted molar refractivity (Wildman–Crippen MR) is 120 cm³/mol. The SMILES string of the molecule is CCn1cc(NC(=O)c2cccc(Cn3nc(C)c([N+](=O)[O-])c3C)c2)c(C(=O)OC(C)C)n1. The van der Waals surface area contributed by atoms with Gasteiger partial charge in [0.15, 0.2) is 5.69 Å². The van der Waals surface area contributed by atoms with Crippen molar-refractivity contribution in [2.45, 2.75) is 53.8 Å². The summed E-state index contributed by atoms with van der Waals surface area (Å²) >= 11 is 0. The van der Waals surface area contributed by atoms with Crippen LogP contribution in [0.1, 0.15) is 58.6 Å². The normalized spacial score (nSPS) is 11.0. The molecule has 2 heterocycles. The zero-order valence-corrected chi connectivity index (χ0v) is 19.2. The van der Waals surface area contributed by atoms with E-state index in [0.717, 1.165) is 5.56 Å². The van der Waals surface area contributed by atoms with Crippen LogP contribution in [0.15, 0.2) is 30.5 Å². The summed E-state index contributed by atoms with van der Waals surface area (Å²) in [5, 5.41) is 22.4. The fraction of sp³-hybridized carbons (Fsp3) is 0.364. The molecule has 0 spiro atoms. The van der Waals surface area contributed by atoms with Crippen LogP contribution in [0.5, 0.6) is 0 Å². The average Bonchev–Trinajstić information content (AvgIpc) is 3.27. The number of nitro groups is 1. The van der Waals surface area contributed by atoms with E-state index in [4.69, 9.17) is 4.74 Å². The van der Waals surface area contributed by atoms with Crippen LogP contribution in [-0.4, -0.2) is 42.5 Å². The van der Waals surface area contributed by atoms with Gasteiger partial charge in [0.25, 0.3) is 5.91 Å². The highest BCUT2D eigenvalue weighted by molar-refractivity contribution is 6.07. The quantitative estimate of drug-likeness (QED) is 0.313. The van der Waals surface area contributed by atoms with Gasteiger partial charge < -0.3 is 10.1 Å². The maximum Gasteiger partial charge on any atom is 0.361 e. The van der Waals surface area contributed by atoms with Crippen LogP contribution in [0.25, 0.3) is 0 Å². The first-order valence-electron chi connectivity index (χ1n) is 10.5. The van der Waals surface area contributed by atoms with E-state index in [9.17, 15) is 19.7 Å². The average molecular weight is 454 g/mol. The molecule has 3 aromatic rings. The van der Waals surface area contributed by atoms with Crippen LogP contribution >= 0.6 is 0 Å². The summed E-state index contributed by atoms with van der Waals surface area (Å²) in [7, 11) is 0. The van der Waals surface area contributed by atoms with Gasteiger partial charge in [-0.2, -0.15) is 10.2 Å². The van der Waals surface area contributed by atoms with E-state index in [1.54, 1.807) is 62.8 Å². The van der Waals surface area contributed by atoms with Crippen molar-refractivity contribution in [3.05, 3.63) is 68.8 Å². The number of nitrogens with zero attached hydrogens (tertiary/aromatic N) is 5. The van der Waals surface area contributed by atoms with Crippen LogP contribution in [0, 0.1) is 24.0 Å². The number of carbonyl (C=O) groups is 2. The van der Waals surface area contributed by atoms with E-state index in [1.807, 2.05) is 6.92 Å². The van der Waals surface area contributed by atoms with Crippen molar-refractivity contribution >= 4 is 23.3 Å². The van der Waals surface area contributed by atoms with Crippen LogP contribution < -0.4 is 5.32 Å². The molecule has 0 aliphatic heterocycles. The molecule has 0 aliphatic rings. The lowest BCUT2D eigenvalue weighted by atomic mass is 10.1. The maximum absolute atomic E-state index is 12.9. The Morgan fingerprint density at radius 2 is 1.97 bits per heavy atom. The van der Waals surface area contributed by atoms with Crippen molar-refractivity contribution in [3.63, 3.8) is 0 Å². The Hall–Kier alpha value is -4.02. The molecule has 11 heteroatoms. The Morgan fingerprint density at radius 1 is 1.24 bits per heavy atom. The van der Waals surface area contributed by atoms with Crippen molar-refractivity contribution in [2.24, 2.45) is 0 Å². The van der Waals surface area contributed by atoms with Gasteiger partial charge in [0.2, 0.25) is 0 Å². The van der Waals surface area contributed by atoms with Gasteiger partial charge in [0.1, 0.15) is 11.4 Å². The first kappa shape index (κ1) is 23.6. The van der Waals surface area contributed by atoms with Crippen LogP contribution in [0.2, 0.25) is 0 Å². The molecule has 2 aromatic heterocycles. The third-order valence-corrected chi connectivity index (χ3v) is 4.92. The van der Waals surface area contributed by atoms with Crippen LogP contribution in [-0.2, 0) is 17.8 Å². The first-order valence-corrected chi connectivity index (χ1v) is 10.5. The molecule has 174 valence electrons. The summed E-state index contributed by atoms with van der Waals surface area (Å²) in [6.07, 6.45) is 1.25. The number of hydrogen-bond donors (Lipinski definition) is 1. The van der Waals surface area contributed by atoms with Gasteiger partial charge >= 0.3 is 11.7 Å². The molecule has 0 saturated heterocycles. The Bertz CT molecular complexity index is 1210. The molecule has 0 atom stereocenters. The number of anilines is 1. The minimum atomic E-state index is -0.618. The lowest BCUT2D eigenvalue weighted by Crippen LogP contribution is -2.17. The lowest BCUT2D eigenvalue weighted by molar-refractivity contribution is -0.386. The molecule has 0 aliphatic carbocycles. The fourth-order valence-corrected chi connectivity index (χ4v) is 3.38. The van der Waals surface area contributed by atoms with E-state index in [-0.39, 0.29) is 29.7 Å². The van der Waals surface area contributed by atoms with Gasteiger partial charge in [-0.25, -0.2) is 4.79 Å². The van der Waals surface area contributed by atoms with E-state index in [2.05, 4.69) is 15.5 Å². The lowest BCUT2D eigenvalue weighted by Gasteiger charge is -2.09. The van der Waals surface area contributed by atoms with Gasteiger partial charge in [-0.05, 0) is 52.3 Å². The molecule has 0 fully saturated rings. The summed E-state index contributed by atoms with van der Waals surface area (Å²) in [6, 6.07) is 6.83. The van der Waals surface area contributed by atoms with Crippen molar-refractivity contribution in [1.29, 1.82) is 0 Å². The van der Waals surface area contributed by atoms with Crippen molar-refractivity contribution in [1.82, 2.24) is 19.6 Å². The molecule has 0 saturated carbocycles. The van der Waals surface area contributed by atoms with Crippen LogP contribution in [0.3, 0.4) is 0 Å². The summed E-state index contributed by atoms with van der Waals surface area (Å²) in [5.41, 5.74) is 2.14. The predicted octanol–water partition coefficient (Wildman–Crippen LogP) is 3.49. The number of benzene rings is 1. The van der Waals surface area contributed by atoms with E-state index < -0.39 is 16.8 Å². The summed E-state index contributed by atoms with van der Waals surface area (Å²) < 4.78 is 8.30. The molecule has 1 amide bonds. The molecule has 0 unspecified atom stereocenters. The third-order valence-electron chi connectivity index (χ3n) is 4.92. The standard InChI is InChI=1S/C22H26N6O5/c1-6-26-12-18(19(25-26)22(30)33-13(2)3)23-21(29)17-9-7-8-16(10-17)11-27-15(5)20(28(31)32)14(4)24-27/h7-10,12-13H,6,11H2,1-5H3,(H,23,29). The van der Waals surface area contributed by atoms with Crippen molar-refractivity contribution < 1.29 is 19.2 Å². The Labute approximate surface area is 190 Å². The molecule has 0 radical (unpaired) electrons. The number of nitrogens with one attached hydrogen (secondary N) is 1. The Balaban J connectivity index is 1.82. The van der Waals surface area contributed by atoms with Gasteiger partial charge in [-0.15, -0.1) is 0 Å². The molecular weight excluding hydrogens is 428 g/mol. The second-order valence-electron chi connectivity index (χ2n) is 7.79. The number of rotatable bonds is 8. The van der Waals surface area contributed by atoms with Gasteiger partial charge in [0, 0.05) is 18.3 Å². The molecule has 33 heavy (non-hydrogen) atoms. The largest absolute Gasteiger partial charge is 0.458 e. The topological polar surface area (TPSA) is 134 Å². The second-order valence-corrected chi connectivity index (χ2v) is 7.79. The monoisotopic (exact) mass is 454 g/mol. The number of aromatic nitrogens is 4. The highest BCUT2D eigenvalue weighted by atomic mass is 16.6. The second kappa shape index (κ2) is 9.63. The van der Waals surface area contributed by atoms with E-state index in [1.165, 1.54) is 4.68 Å². The number of carbonyl (C=O) groups excluding carboxylic acids is 2. The van der Waals surface area contributed by atoms with Gasteiger partial charge in [-0.3, -0.25) is 24.3 Å². The Kier molecular flexibility index (Phi) is 6.90. The zero-order valence-electron chi connectivity index (χ0n) is 19.2. The number of esters is 1. The number of aryl methyl sites for hydroxylation is 2. The minimum absolute atomic E-state index is 0.0161. The number of amides is 1. The number of ether oxygens (including phenoxy) is 1. The highest BCUT2D eigenvalue weighted by Gasteiger charge is 2.23. The maximum atomic E-state index is 12.9.